The van der Waals surface area contributed by atoms with Gasteiger partial charge >= 0.3 is 0 Å². The van der Waals surface area contributed by atoms with Gasteiger partial charge in [0.2, 0.25) is 0 Å². The molecule has 1 rings (SSSR count). The number of ketones is 1. The Morgan fingerprint density at radius 1 is 1.67 bits per heavy atom. The van der Waals surface area contributed by atoms with E-state index in [4.69, 9.17) is 16.9 Å². The minimum absolute atomic E-state index is 0.0921. The van der Waals surface area contributed by atoms with E-state index in [1.165, 1.54) is 25.1 Å². The molecule has 0 aliphatic carbocycles. The molecule has 0 bridgehead atoms. The van der Waals surface area contributed by atoms with Crippen molar-refractivity contribution in [1.29, 1.82) is 5.26 Å². The van der Waals surface area contributed by atoms with Gasteiger partial charge in [-0.3, -0.25) is 4.79 Å². The molecule has 78 valence electrons. The van der Waals surface area contributed by atoms with Crippen LogP contribution in [0.2, 0.25) is 5.02 Å². The van der Waals surface area contributed by atoms with Gasteiger partial charge in [0.15, 0.2) is 0 Å². The molecule has 0 aliphatic heterocycles. The first-order valence-corrected chi connectivity index (χ1v) is 4.76. The number of nitrogens with zero attached hydrogens (tertiary/aromatic N) is 1. The lowest BCUT2D eigenvalue weighted by Crippen LogP contribution is -2.12. The zero-order chi connectivity index (χ0) is 11.4. The third kappa shape index (κ3) is 3.03. The van der Waals surface area contributed by atoms with Gasteiger partial charge in [0, 0.05) is 5.02 Å². The van der Waals surface area contributed by atoms with E-state index in [9.17, 15) is 9.18 Å². The Labute approximate surface area is 92.3 Å². The van der Waals surface area contributed by atoms with E-state index >= 15 is 0 Å². The normalized spacial score (nSPS) is 11.9. The molecular weight excluding hydrogens is 217 g/mol. The van der Waals surface area contributed by atoms with E-state index in [0.717, 1.165) is 0 Å². The largest absolute Gasteiger partial charge is 0.299 e. The number of halogens is 2. The van der Waals surface area contributed by atoms with Gasteiger partial charge in [-0.2, -0.15) is 5.26 Å². The minimum Gasteiger partial charge on any atom is -0.299 e. The second-order valence-electron chi connectivity index (χ2n) is 3.23. The van der Waals surface area contributed by atoms with Gasteiger partial charge in [-0.05, 0) is 31.0 Å². The Balaban J connectivity index is 2.90. The first-order chi connectivity index (χ1) is 7.04. The fourth-order valence-electron chi connectivity index (χ4n) is 1.19. The molecular formula is C11H9ClFNO. The van der Waals surface area contributed by atoms with Crippen LogP contribution in [0.4, 0.5) is 4.39 Å². The van der Waals surface area contributed by atoms with Gasteiger partial charge < -0.3 is 0 Å². The molecule has 0 aliphatic rings. The lowest BCUT2D eigenvalue weighted by atomic mass is 9.97. The number of carbonyl (C=O) groups excluding carboxylic acids is 1. The van der Waals surface area contributed by atoms with Crippen molar-refractivity contribution >= 4 is 17.4 Å². The summed E-state index contributed by atoms with van der Waals surface area (Å²) in [5, 5.41) is 8.98. The maximum absolute atomic E-state index is 13.3. The number of nitriles is 1. The quantitative estimate of drug-likeness (QED) is 0.794. The SMILES string of the molecule is CC(=O)C(C#N)Cc1ccc(Cl)cc1F. The van der Waals surface area contributed by atoms with Crippen LogP contribution in [-0.2, 0) is 11.2 Å². The summed E-state index contributed by atoms with van der Waals surface area (Å²) in [5.74, 6) is -1.53. The van der Waals surface area contributed by atoms with Crippen LogP contribution in [0.5, 0.6) is 0 Å². The molecule has 0 fully saturated rings. The molecule has 0 radical (unpaired) electrons. The molecule has 2 nitrogen and oxygen atoms in total. The minimum atomic E-state index is -0.791. The number of carbonyl (C=O) groups is 1. The molecule has 1 aromatic rings. The van der Waals surface area contributed by atoms with Gasteiger partial charge in [-0.1, -0.05) is 17.7 Å². The monoisotopic (exact) mass is 225 g/mol. The molecule has 1 atom stereocenters. The summed E-state index contributed by atoms with van der Waals surface area (Å²) in [7, 11) is 0. The molecule has 1 aromatic carbocycles. The highest BCUT2D eigenvalue weighted by atomic mass is 35.5. The van der Waals surface area contributed by atoms with Crippen LogP contribution in [0.3, 0.4) is 0 Å². The smallest absolute Gasteiger partial charge is 0.147 e. The zero-order valence-electron chi connectivity index (χ0n) is 8.13. The fourth-order valence-corrected chi connectivity index (χ4v) is 1.35. The molecule has 0 heterocycles. The lowest BCUT2D eigenvalue weighted by molar-refractivity contribution is -0.119. The summed E-state index contributed by atoms with van der Waals surface area (Å²) in [6, 6.07) is 6.04. The van der Waals surface area contributed by atoms with Gasteiger partial charge in [0.1, 0.15) is 17.5 Å². The highest BCUT2D eigenvalue weighted by Gasteiger charge is 2.16. The van der Waals surface area contributed by atoms with Crippen molar-refractivity contribution in [2.75, 3.05) is 0 Å². The summed E-state index contributed by atoms with van der Waals surface area (Å²) in [6.45, 7) is 1.32. The van der Waals surface area contributed by atoms with Crippen molar-refractivity contribution in [2.45, 2.75) is 13.3 Å². The third-order valence-electron chi connectivity index (χ3n) is 2.09. The van der Waals surface area contributed by atoms with Crippen molar-refractivity contribution in [1.82, 2.24) is 0 Å². The third-order valence-corrected chi connectivity index (χ3v) is 2.32. The molecule has 1 unspecified atom stereocenters. The lowest BCUT2D eigenvalue weighted by Gasteiger charge is -2.06. The Kier molecular flexibility index (Phi) is 3.81. The van der Waals surface area contributed by atoms with Crippen molar-refractivity contribution in [3.8, 4) is 6.07 Å². The second kappa shape index (κ2) is 4.90. The summed E-state index contributed by atoms with van der Waals surface area (Å²) in [5.41, 5.74) is 0.334. The summed E-state index contributed by atoms with van der Waals surface area (Å²) >= 11 is 5.58. The molecule has 0 aromatic heterocycles. The van der Waals surface area contributed by atoms with Crippen LogP contribution in [0.25, 0.3) is 0 Å². The summed E-state index contributed by atoms with van der Waals surface area (Å²) in [6.07, 6.45) is 0.0921. The van der Waals surface area contributed by atoms with Gasteiger partial charge in [-0.25, -0.2) is 4.39 Å². The first kappa shape index (κ1) is 11.7. The Bertz CT molecular complexity index is 425. The van der Waals surface area contributed by atoms with Crippen LogP contribution in [0.15, 0.2) is 18.2 Å². The first-order valence-electron chi connectivity index (χ1n) is 4.38. The average molecular weight is 226 g/mol. The van der Waals surface area contributed by atoms with Gasteiger partial charge in [0.05, 0.1) is 6.07 Å². The van der Waals surface area contributed by atoms with Crippen LogP contribution < -0.4 is 0 Å². The maximum Gasteiger partial charge on any atom is 0.147 e. The average Bonchev–Trinajstić information content (AvgIpc) is 2.16. The molecule has 0 saturated heterocycles. The topological polar surface area (TPSA) is 40.9 Å². The van der Waals surface area contributed by atoms with Crippen molar-refractivity contribution < 1.29 is 9.18 Å². The van der Waals surface area contributed by atoms with Crippen LogP contribution >= 0.6 is 11.6 Å². The number of hydrogen-bond acceptors (Lipinski definition) is 2. The Morgan fingerprint density at radius 3 is 2.80 bits per heavy atom. The maximum atomic E-state index is 13.3. The summed E-state index contributed by atoms with van der Waals surface area (Å²) < 4.78 is 13.3. The summed E-state index contributed by atoms with van der Waals surface area (Å²) in [4.78, 5) is 11.0. The fraction of sp³-hybridized carbons (Fsp3) is 0.273. The van der Waals surface area contributed by atoms with Crippen LogP contribution in [-0.4, -0.2) is 5.78 Å². The molecule has 4 heteroatoms. The molecule has 15 heavy (non-hydrogen) atoms. The predicted molar refractivity (Wildman–Crippen MR) is 54.9 cm³/mol. The van der Waals surface area contributed by atoms with Gasteiger partial charge in [0.25, 0.3) is 0 Å². The second-order valence-corrected chi connectivity index (χ2v) is 3.67. The van der Waals surface area contributed by atoms with Crippen molar-refractivity contribution in [2.24, 2.45) is 5.92 Å². The molecule has 0 saturated carbocycles. The molecule has 0 spiro atoms. The number of benzene rings is 1. The predicted octanol–water partition coefficient (Wildman–Crippen LogP) is 2.75. The number of Topliss-reactive ketones (excluding diaryl/α,β-unsaturated/α-hetero) is 1. The zero-order valence-corrected chi connectivity index (χ0v) is 8.88. The van der Waals surface area contributed by atoms with E-state index in [1.807, 2.05) is 6.07 Å². The molecule has 0 amide bonds. The standard InChI is InChI=1S/C11H9ClFNO/c1-7(15)9(6-14)4-8-2-3-10(12)5-11(8)13/h2-3,5,9H,4H2,1H3. The Hall–Kier alpha value is -1.40. The van der Waals surface area contributed by atoms with Crippen molar-refractivity contribution in [3.05, 3.63) is 34.6 Å². The van der Waals surface area contributed by atoms with E-state index in [2.05, 4.69) is 0 Å². The van der Waals surface area contributed by atoms with E-state index in [-0.39, 0.29) is 12.2 Å². The highest BCUT2D eigenvalue weighted by Crippen LogP contribution is 2.17. The van der Waals surface area contributed by atoms with Crippen LogP contribution in [0.1, 0.15) is 12.5 Å². The van der Waals surface area contributed by atoms with E-state index < -0.39 is 11.7 Å². The highest BCUT2D eigenvalue weighted by molar-refractivity contribution is 6.30. The van der Waals surface area contributed by atoms with E-state index in [0.29, 0.717) is 10.6 Å². The number of hydrogen-bond donors (Lipinski definition) is 0. The van der Waals surface area contributed by atoms with Crippen LogP contribution in [0, 0.1) is 23.1 Å². The molecule has 0 N–H and O–H groups in total. The van der Waals surface area contributed by atoms with E-state index in [1.54, 1.807) is 0 Å². The Morgan fingerprint density at radius 2 is 2.33 bits per heavy atom. The van der Waals surface area contributed by atoms with Crippen molar-refractivity contribution in [3.63, 3.8) is 0 Å². The number of rotatable bonds is 3. The van der Waals surface area contributed by atoms with Gasteiger partial charge in [-0.15, -0.1) is 0 Å².